The molecule has 0 radical (unpaired) electrons. The average molecular weight is 286 g/mol. The molecule has 4 heteroatoms. The number of halogens is 1. The van der Waals surface area contributed by atoms with Crippen molar-refractivity contribution in [2.24, 2.45) is 0 Å². The van der Waals surface area contributed by atoms with E-state index in [-0.39, 0.29) is 0 Å². The van der Waals surface area contributed by atoms with Gasteiger partial charge in [0.15, 0.2) is 0 Å². The van der Waals surface area contributed by atoms with Gasteiger partial charge in [0.25, 0.3) is 0 Å². The Labute approximate surface area is 122 Å². The van der Waals surface area contributed by atoms with E-state index in [9.17, 15) is 0 Å². The number of nitrogens with zero attached hydrogens (tertiary/aromatic N) is 2. The Morgan fingerprint density at radius 3 is 2.58 bits per heavy atom. The Morgan fingerprint density at radius 1 is 1.26 bits per heavy atom. The maximum absolute atomic E-state index is 6.25. The van der Waals surface area contributed by atoms with Crippen LogP contribution in [0.2, 0.25) is 5.02 Å². The van der Waals surface area contributed by atoms with Gasteiger partial charge in [0, 0.05) is 12.1 Å². The number of rotatable bonds is 9. The van der Waals surface area contributed by atoms with E-state index in [1.54, 1.807) is 6.20 Å². The molecule has 1 heterocycles. The molecule has 0 fully saturated rings. The van der Waals surface area contributed by atoms with Gasteiger partial charge in [0.05, 0.1) is 16.9 Å². The van der Waals surface area contributed by atoms with Crippen LogP contribution in [0.1, 0.15) is 65.1 Å². The van der Waals surface area contributed by atoms with Crippen LogP contribution in [-0.4, -0.2) is 22.4 Å². The second-order valence-electron chi connectivity index (χ2n) is 5.46. The first-order chi connectivity index (χ1) is 9.10. The summed E-state index contributed by atoms with van der Waals surface area (Å²) in [5.41, 5.74) is 1.18. The van der Waals surface area contributed by atoms with Crippen molar-refractivity contribution >= 4 is 11.6 Å². The van der Waals surface area contributed by atoms with Crippen molar-refractivity contribution in [2.45, 2.75) is 71.9 Å². The lowest BCUT2D eigenvalue weighted by Gasteiger charge is -2.19. The second kappa shape index (κ2) is 8.60. The highest BCUT2D eigenvalue weighted by molar-refractivity contribution is 6.31. The summed E-state index contributed by atoms with van der Waals surface area (Å²) in [6.07, 6.45) is 7.53. The summed E-state index contributed by atoms with van der Waals surface area (Å²) in [6.45, 7) is 9.84. The summed E-state index contributed by atoms with van der Waals surface area (Å²) in [4.78, 5) is 0. The summed E-state index contributed by atoms with van der Waals surface area (Å²) in [6, 6.07) is 0.965. The highest BCUT2D eigenvalue weighted by atomic mass is 35.5. The van der Waals surface area contributed by atoms with Crippen molar-refractivity contribution < 1.29 is 0 Å². The third-order valence-electron chi connectivity index (χ3n) is 3.39. The molecule has 110 valence electrons. The smallest absolute Gasteiger partial charge is 0.0817 e. The molecule has 0 spiro atoms. The predicted octanol–water partition coefficient (Wildman–Crippen LogP) is 4.22. The third-order valence-corrected chi connectivity index (χ3v) is 3.70. The number of aromatic nitrogens is 2. The molecule has 1 rings (SSSR count). The Morgan fingerprint density at radius 2 is 2.00 bits per heavy atom. The van der Waals surface area contributed by atoms with Crippen molar-refractivity contribution in [3.05, 3.63) is 16.9 Å². The largest absolute Gasteiger partial charge is 0.314 e. The molecule has 0 saturated heterocycles. The van der Waals surface area contributed by atoms with Gasteiger partial charge in [0.2, 0.25) is 0 Å². The van der Waals surface area contributed by atoms with Crippen molar-refractivity contribution in [2.75, 3.05) is 6.54 Å². The Kier molecular flexibility index (Phi) is 7.47. The SMILES string of the molecule is CCCNC(CCC)CCc1c(Cl)cnn1C(C)C. The van der Waals surface area contributed by atoms with Gasteiger partial charge in [-0.2, -0.15) is 5.10 Å². The van der Waals surface area contributed by atoms with E-state index in [1.165, 1.54) is 25.0 Å². The quantitative estimate of drug-likeness (QED) is 0.736. The average Bonchev–Trinajstić information content (AvgIpc) is 2.74. The van der Waals surface area contributed by atoms with E-state index in [2.05, 4.69) is 38.1 Å². The zero-order valence-corrected chi connectivity index (χ0v) is 13.5. The van der Waals surface area contributed by atoms with Crippen molar-refractivity contribution in [3.8, 4) is 0 Å². The molecule has 0 aliphatic rings. The highest BCUT2D eigenvalue weighted by Gasteiger charge is 2.14. The minimum Gasteiger partial charge on any atom is -0.314 e. The summed E-state index contributed by atoms with van der Waals surface area (Å²) in [7, 11) is 0. The van der Waals surface area contributed by atoms with Crippen LogP contribution in [-0.2, 0) is 6.42 Å². The predicted molar refractivity (Wildman–Crippen MR) is 82.9 cm³/mol. The first-order valence-corrected chi connectivity index (χ1v) is 7.93. The van der Waals surface area contributed by atoms with Crippen LogP contribution in [0.5, 0.6) is 0 Å². The minimum atomic E-state index is 0.371. The second-order valence-corrected chi connectivity index (χ2v) is 5.86. The maximum Gasteiger partial charge on any atom is 0.0817 e. The van der Waals surface area contributed by atoms with Crippen molar-refractivity contribution in [3.63, 3.8) is 0 Å². The minimum absolute atomic E-state index is 0.371. The van der Waals surface area contributed by atoms with Crippen molar-refractivity contribution in [1.29, 1.82) is 0 Å². The van der Waals surface area contributed by atoms with Crippen LogP contribution < -0.4 is 5.32 Å². The lowest BCUT2D eigenvalue weighted by atomic mass is 10.0. The number of hydrogen-bond donors (Lipinski definition) is 1. The van der Waals surface area contributed by atoms with Gasteiger partial charge in [0.1, 0.15) is 0 Å². The first-order valence-electron chi connectivity index (χ1n) is 7.55. The van der Waals surface area contributed by atoms with E-state index in [0.717, 1.165) is 24.4 Å². The van der Waals surface area contributed by atoms with Crippen LogP contribution >= 0.6 is 11.6 Å². The molecule has 0 aromatic carbocycles. The molecule has 1 aromatic heterocycles. The van der Waals surface area contributed by atoms with Crippen LogP contribution in [0.15, 0.2) is 6.20 Å². The molecule has 1 N–H and O–H groups in total. The Balaban J connectivity index is 2.60. The molecule has 0 amide bonds. The van der Waals surface area contributed by atoms with Crippen LogP contribution in [0, 0.1) is 0 Å². The normalized spacial score (nSPS) is 13.2. The molecule has 1 unspecified atom stereocenters. The molecular weight excluding hydrogens is 258 g/mol. The van der Waals surface area contributed by atoms with E-state index < -0.39 is 0 Å². The molecule has 1 atom stereocenters. The molecular formula is C15H28ClN3. The van der Waals surface area contributed by atoms with Gasteiger partial charge in [-0.25, -0.2) is 0 Å². The number of nitrogens with one attached hydrogen (secondary N) is 1. The fourth-order valence-corrected chi connectivity index (χ4v) is 2.63. The molecule has 19 heavy (non-hydrogen) atoms. The van der Waals surface area contributed by atoms with Gasteiger partial charge in [-0.3, -0.25) is 4.68 Å². The molecule has 0 bridgehead atoms. The van der Waals surface area contributed by atoms with Crippen molar-refractivity contribution in [1.82, 2.24) is 15.1 Å². The van der Waals surface area contributed by atoms with E-state index in [4.69, 9.17) is 11.6 Å². The molecule has 0 saturated carbocycles. The number of hydrogen-bond acceptors (Lipinski definition) is 2. The van der Waals surface area contributed by atoms with Crippen LogP contribution in [0.25, 0.3) is 0 Å². The lowest BCUT2D eigenvalue weighted by Crippen LogP contribution is -2.30. The highest BCUT2D eigenvalue weighted by Crippen LogP contribution is 2.21. The zero-order valence-electron chi connectivity index (χ0n) is 12.7. The molecule has 1 aromatic rings. The lowest BCUT2D eigenvalue weighted by molar-refractivity contribution is 0.434. The summed E-state index contributed by atoms with van der Waals surface area (Å²) >= 11 is 6.25. The van der Waals surface area contributed by atoms with Crippen LogP contribution in [0.4, 0.5) is 0 Å². The third kappa shape index (κ3) is 5.15. The maximum atomic E-state index is 6.25. The summed E-state index contributed by atoms with van der Waals surface area (Å²) in [5.74, 6) is 0. The topological polar surface area (TPSA) is 29.9 Å². The fourth-order valence-electron chi connectivity index (χ4n) is 2.40. The zero-order chi connectivity index (χ0) is 14.3. The summed E-state index contributed by atoms with van der Waals surface area (Å²) < 4.78 is 2.05. The first kappa shape index (κ1) is 16.5. The summed E-state index contributed by atoms with van der Waals surface area (Å²) in [5, 5.41) is 8.80. The van der Waals surface area contributed by atoms with E-state index >= 15 is 0 Å². The Bertz CT molecular complexity index is 360. The van der Waals surface area contributed by atoms with E-state index in [1.807, 2.05) is 4.68 Å². The monoisotopic (exact) mass is 285 g/mol. The molecule has 0 aliphatic heterocycles. The van der Waals surface area contributed by atoms with Crippen LogP contribution in [0.3, 0.4) is 0 Å². The van der Waals surface area contributed by atoms with Gasteiger partial charge in [-0.15, -0.1) is 0 Å². The standard InChI is InChI=1S/C15H28ClN3/c1-5-7-13(17-10-6-2)8-9-15-14(16)11-18-19(15)12(3)4/h11-13,17H,5-10H2,1-4H3. The van der Waals surface area contributed by atoms with Gasteiger partial charge >= 0.3 is 0 Å². The van der Waals surface area contributed by atoms with E-state index in [0.29, 0.717) is 12.1 Å². The van der Waals surface area contributed by atoms with Gasteiger partial charge in [-0.1, -0.05) is 31.9 Å². The van der Waals surface area contributed by atoms with Gasteiger partial charge in [-0.05, 0) is 46.1 Å². The fraction of sp³-hybridized carbons (Fsp3) is 0.800. The molecule has 3 nitrogen and oxygen atoms in total. The van der Waals surface area contributed by atoms with Gasteiger partial charge < -0.3 is 5.32 Å². The molecule has 0 aliphatic carbocycles. The Hall–Kier alpha value is -0.540.